The van der Waals surface area contributed by atoms with E-state index in [1.807, 2.05) is 19.1 Å². The maximum Gasteiger partial charge on any atom is 0.342 e. The first-order chi connectivity index (χ1) is 10.5. The van der Waals surface area contributed by atoms with Gasteiger partial charge in [0.25, 0.3) is 0 Å². The van der Waals surface area contributed by atoms with Crippen molar-refractivity contribution in [2.24, 2.45) is 0 Å². The summed E-state index contributed by atoms with van der Waals surface area (Å²) < 4.78 is 0. The van der Waals surface area contributed by atoms with E-state index < -0.39 is 11.4 Å². The molecule has 118 valence electrons. The molecule has 0 unspecified atom stereocenters. The standard InChI is InChI=1S/C17H21NO3S/c1-3-4-5-6-9-22-16-14(17(20)21)15(19)12-10-11(2)7-8-13(12)18-16/h7-8,10H,3-6,9H2,1-2H3,(H,18,19)(H,20,21). The molecular weight excluding hydrogens is 298 g/mol. The Morgan fingerprint density at radius 1 is 1.27 bits per heavy atom. The number of carbonyl (C=O) groups is 1. The third-order valence-corrected chi connectivity index (χ3v) is 4.67. The van der Waals surface area contributed by atoms with Crippen molar-refractivity contribution < 1.29 is 9.90 Å². The van der Waals surface area contributed by atoms with Gasteiger partial charge < -0.3 is 10.1 Å². The van der Waals surface area contributed by atoms with Crippen LogP contribution in [0.5, 0.6) is 0 Å². The smallest absolute Gasteiger partial charge is 0.342 e. The summed E-state index contributed by atoms with van der Waals surface area (Å²) in [5.74, 6) is -0.353. The Morgan fingerprint density at radius 3 is 2.73 bits per heavy atom. The van der Waals surface area contributed by atoms with Crippen LogP contribution in [0.25, 0.3) is 10.9 Å². The van der Waals surface area contributed by atoms with Gasteiger partial charge in [0.05, 0.1) is 10.5 Å². The quantitative estimate of drug-likeness (QED) is 0.592. The third-order valence-electron chi connectivity index (χ3n) is 3.58. The van der Waals surface area contributed by atoms with Crippen molar-refractivity contribution in [1.29, 1.82) is 0 Å². The number of pyridine rings is 1. The van der Waals surface area contributed by atoms with Gasteiger partial charge in [0.1, 0.15) is 5.56 Å². The number of nitrogens with one attached hydrogen (secondary N) is 1. The molecule has 0 saturated heterocycles. The average Bonchev–Trinajstić information content (AvgIpc) is 2.47. The van der Waals surface area contributed by atoms with Gasteiger partial charge in [-0.3, -0.25) is 4.79 Å². The van der Waals surface area contributed by atoms with E-state index in [0.717, 1.165) is 30.6 Å². The van der Waals surface area contributed by atoms with Gasteiger partial charge in [0.2, 0.25) is 5.43 Å². The van der Waals surface area contributed by atoms with Crippen LogP contribution in [0.1, 0.15) is 48.5 Å². The molecule has 0 bridgehead atoms. The fourth-order valence-corrected chi connectivity index (χ4v) is 3.44. The normalized spacial score (nSPS) is 11.0. The number of fused-ring (bicyclic) bond motifs is 1. The number of carboxylic acid groups (broad SMARTS) is 1. The predicted octanol–water partition coefficient (Wildman–Crippen LogP) is 4.21. The number of hydrogen-bond donors (Lipinski definition) is 2. The van der Waals surface area contributed by atoms with Gasteiger partial charge in [-0.15, -0.1) is 11.8 Å². The average molecular weight is 319 g/mol. The highest BCUT2D eigenvalue weighted by molar-refractivity contribution is 7.99. The van der Waals surface area contributed by atoms with Crippen LogP contribution in [0.4, 0.5) is 0 Å². The van der Waals surface area contributed by atoms with Crippen molar-refractivity contribution in [3.8, 4) is 0 Å². The summed E-state index contributed by atoms with van der Waals surface area (Å²) in [5.41, 5.74) is 1.09. The summed E-state index contributed by atoms with van der Waals surface area (Å²) in [6, 6.07) is 5.48. The van der Waals surface area contributed by atoms with Crippen LogP contribution in [0.3, 0.4) is 0 Å². The number of aromatic nitrogens is 1. The zero-order chi connectivity index (χ0) is 16.1. The largest absolute Gasteiger partial charge is 0.477 e. The lowest BCUT2D eigenvalue weighted by Gasteiger charge is -2.09. The van der Waals surface area contributed by atoms with Gasteiger partial charge in [-0.1, -0.05) is 37.8 Å². The summed E-state index contributed by atoms with van der Waals surface area (Å²) in [7, 11) is 0. The zero-order valence-corrected chi connectivity index (χ0v) is 13.8. The molecule has 1 heterocycles. The molecule has 0 aliphatic carbocycles. The van der Waals surface area contributed by atoms with Crippen molar-refractivity contribution in [2.75, 3.05) is 5.75 Å². The summed E-state index contributed by atoms with van der Waals surface area (Å²) in [6.45, 7) is 4.04. The fraction of sp³-hybridized carbons (Fsp3) is 0.412. The molecule has 2 rings (SSSR count). The van der Waals surface area contributed by atoms with Gasteiger partial charge >= 0.3 is 5.97 Å². The first-order valence-electron chi connectivity index (χ1n) is 7.57. The van der Waals surface area contributed by atoms with Crippen LogP contribution >= 0.6 is 11.8 Å². The van der Waals surface area contributed by atoms with Crippen molar-refractivity contribution in [3.05, 3.63) is 39.5 Å². The molecule has 1 aromatic heterocycles. The van der Waals surface area contributed by atoms with E-state index in [1.54, 1.807) is 6.07 Å². The van der Waals surface area contributed by atoms with Crippen LogP contribution in [0, 0.1) is 6.92 Å². The Bertz CT molecular complexity index is 736. The molecule has 2 N–H and O–H groups in total. The summed E-state index contributed by atoms with van der Waals surface area (Å²) >= 11 is 1.42. The highest BCUT2D eigenvalue weighted by atomic mass is 32.2. The topological polar surface area (TPSA) is 70.2 Å². The van der Waals surface area contributed by atoms with E-state index in [2.05, 4.69) is 11.9 Å². The van der Waals surface area contributed by atoms with E-state index in [4.69, 9.17) is 0 Å². The second-order valence-electron chi connectivity index (χ2n) is 5.42. The number of aryl methyl sites for hydroxylation is 1. The Morgan fingerprint density at radius 2 is 2.05 bits per heavy atom. The second kappa shape index (κ2) is 7.49. The molecule has 0 aliphatic rings. The Balaban J connectivity index is 2.36. The summed E-state index contributed by atoms with van der Waals surface area (Å²) in [5, 5.41) is 10.3. The molecule has 4 nitrogen and oxygen atoms in total. The van der Waals surface area contributed by atoms with Crippen molar-refractivity contribution in [1.82, 2.24) is 4.98 Å². The number of unbranched alkanes of at least 4 members (excludes halogenated alkanes) is 3. The van der Waals surface area contributed by atoms with Crippen LogP contribution in [-0.2, 0) is 0 Å². The molecule has 0 atom stereocenters. The van der Waals surface area contributed by atoms with E-state index >= 15 is 0 Å². The molecule has 1 aromatic carbocycles. The number of aromatic carboxylic acids is 1. The number of thioether (sulfide) groups is 1. The molecule has 0 radical (unpaired) electrons. The molecule has 22 heavy (non-hydrogen) atoms. The van der Waals surface area contributed by atoms with Crippen LogP contribution in [-0.4, -0.2) is 21.8 Å². The fourth-order valence-electron chi connectivity index (χ4n) is 2.38. The van der Waals surface area contributed by atoms with Crippen molar-refractivity contribution in [2.45, 2.75) is 44.6 Å². The molecule has 0 fully saturated rings. The van der Waals surface area contributed by atoms with Gasteiger partial charge in [0.15, 0.2) is 0 Å². The van der Waals surface area contributed by atoms with E-state index in [-0.39, 0.29) is 5.56 Å². The molecule has 0 spiro atoms. The van der Waals surface area contributed by atoms with E-state index in [9.17, 15) is 14.7 Å². The maximum absolute atomic E-state index is 12.5. The van der Waals surface area contributed by atoms with Crippen LogP contribution < -0.4 is 5.43 Å². The Labute approximate surface area is 133 Å². The van der Waals surface area contributed by atoms with E-state index in [0.29, 0.717) is 15.9 Å². The first kappa shape index (κ1) is 16.6. The van der Waals surface area contributed by atoms with Gasteiger partial charge in [0, 0.05) is 5.39 Å². The lowest BCUT2D eigenvalue weighted by Crippen LogP contribution is -2.18. The SMILES string of the molecule is CCCCCCSc1[nH]c2ccc(C)cc2c(=O)c1C(=O)O. The molecule has 2 aromatic rings. The molecule has 0 aliphatic heterocycles. The lowest BCUT2D eigenvalue weighted by molar-refractivity contribution is 0.0691. The van der Waals surface area contributed by atoms with Crippen LogP contribution in [0.2, 0.25) is 0 Å². The second-order valence-corrected chi connectivity index (χ2v) is 6.53. The number of benzene rings is 1. The van der Waals surface area contributed by atoms with Crippen molar-refractivity contribution in [3.63, 3.8) is 0 Å². The number of H-pyrrole nitrogens is 1. The predicted molar refractivity (Wildman–Crippen MR) is 91.1 cm³/mol. The van der Waals surface area contributed by atoms with Crippen molar-refractivity contribution >= 4 is 28.6 Å². The molecule has 5 heteroatoms. The number of rotatable bonds is 7. The zero-order valence-electron chi connectivity index (χ0n) is 12.9. The molecule has 0 saturated carbocycles. The molecule has 0 amide bonds. The minimum absolute atomic E-state index is 0.140. The minimum Gasteiger partial charge on any atom is -0.477 e. The third kappa shape index (κ3) is 3.71. The van der Waals surface area contributed by atoms with Gasteiger partial charge in [-0.2, -0.15) is 0 Å². The van der Waals surface area contributed by atoms with E-state index in [1.165, 1.54) is 18.2 Å². The number of carboxylic acids is 1. The Hall–Kier alpha value is -1.75. The summed E-state index contributed by atoms with van der Waals surface area (Å²) in [4.78, 5) is 27.1. The Kier molecular flexibility index (Phi) is 5.66. The highest BCUT2D eigenvalue weighted by Gasteiger charge is 2.18. The maximum atomic E-state index is 12.5. The minimum atomic E-state index is -1.17. The first-order valence-corrected chi connectivity index (χ1v) is 8.56. The summed E-state index contributed by atoms with van der Waals surface area (Å²) in [6.07, 6.45) is 4.49. The highest BCUT2D eigenvalue weighted by Crippen LogP contribution is 2.23. The van der Waals surface area contributed by atoms with Crippen LogP contribution in [0.15, 0.2) is 28.0 Å². The molecular formula is C17H21NO3S. The number of aromatic amines is 1. The van der Waals surface area contributed by atoms with Gasteiger partial charge in [-0.25, -0.2) is 4.79 Å². The van der Waals surface area contributed by atoms with Gasteiger partial charge in [-0.05, 0) is 31.2 Å². The monoisotopic (exact) mass is 319 g/mol. The lowest BCUT2D eigenvalue weighted by atomic mass is 10.1. The number of hydrogen-bond acceptors (Lipinski definition) is 3.